The van der Waals surface area contributed by atoms with Crippen LogP contribution in [0.25, 0.3) is 0 Å². The third-order valence-corrected chi connectivity index (χ3v) is 1.97. The molecule has 1 rings (SSSR count). The van der Waals surface area contributed by atoms with Crippen molar-refractivity contribution < 1.29 is 9.53 Å². The Morgan fingerprint density at radius 3 is 2.94 bits per heavy atom. The average molecular weight is 240 g/mol. The third kappa shape index (κ3) is 3.70. The number of primary amides is 1. The van der Waals surface area contributed by atoms with Crippen molar-refractivity contribution in [1.29, 1.82) is 0 Å². The molecule has 5 N–H and O–H groups in total. The van der Waals surface area contributed by atoms with Crippen LogP contribution in [0.2, 0.25) is 0 Å². The van der Waals surface area contributed by atoms with Crippen LogP contribution in [0.4, 0.5) is 10.5 Å². The number of rotatable bonds is 5. The van der Waals surface area contributed by atoms with Gasteiger partial charge in [0.05, 0.1) is 11.9 Å². The van der Waals surface area contributed by atoms with Gasteiger partial charge in [-0.15, -0.1) is 0 Å². The maximum atomic E-state index is 10.3. The van der Waals surface area contributed by atoms with Gasteiger partial charge in [0.15, 0.2) is 0 Å². The summed E-state index contributed by atoms with van der Waals surface area (Å²) in [6, 6.07) is 1.71. The number of carbonyl (C=O) groups is 1. The predicted molar refractivity (Wildman–Crippen MR) is 64.1 cm³/mol. The van der Waals surface area contributed by atoms with Gasteiger partial charge in [0.25, 0.3) is 0 Å². The van der Waals surface area contributed by atoms with E-state index in [0.29, 0.717) is 17.8 Å². The van der Waals surface area contributed by atoms with E-state index in [9.17, 15) is 4.79 Å². The normalized spacial score (nSPS) is 9.50. The molecule has 86 valence electrons. The fourth-order valence-corrected chi connectivity index (χ4v) is 1.27. The smallest absolute Gasteiger partial charge is 0.404 e. The first-order valence-electron chi connectivity index (χ1n) is 4.51. The van der Waals surface area contributed by atoms with E-state index in [1.807, 2.05) is 0 Å². The number of nitrogens with one attached hydrogen (secondary N) is 1. The van der Waals surface area contributed by atoms with Crippen LogP contribution in [0.3, 0.4) is 0 Å². The molecule has 6 nitrogen and oxygen atoms in total. The quantitative estimate of drug-likeness (QED) is 0.502. The minimum Gasteiger partial charge on any atom is -0.448 e. The Balaban J connectivity index is 2.53. The van der Waals surface area contributed by atoms with E-state index in [4.69, 9.17) is 23.7 Å². The molecule has 0 spiro atoms. The molecule has 0 saturated carbocycles. The molecule has 0 atom stereocenters. The monoisotopic (exact) mass is 240 g/mol. The first kappa shape index (κ1) is 12.2. The van der Waals surface area contributed by atoms with Gasteiger partial charge in [0.1, 0.15) is 11.6 Å². The summed E-state index contributed by atoms with van der Waals surface area (Å²) in [5, 5.41) is 2.99. The zero-order chi connectivity index (χ0) is 12.0. The molecule has 1 aromatic heterocycles. The molecule has 0 unspecified atom stereocenters. The topological polar surface area (TPSA) is 103 Å². The number of pyridine rings is 1. The van der Waals surface area contributed by atoms with Crippen LogP contribution in [0, 0.1) is 0 Å². The first-order valence-corrected chi connectivity index (χ1v) is 4.92. The third-order valence-electron chi connectivity index (χ3n) is 1.75. The lowest BCUT2D eigenvalue weighted by atomic mass is 10.2. The zero-order valence-corrected chi connectivity index (χ0v) is 9.29. The Hall–Kier alpha value is -1.89. The highest BCUT2D eigenvalue weighted by Crippen LogP contribution is 2.12. The Morgan fingerprint density at radius 1 is 1.56 bits per heavy atom. The molecule has 0 bridgehead atoms. The molecule has 0 radical (unpaired) electrons. The second-order valence-electron chi connectivity index (χ2n) is 2.88. The Labute approximate surface area is 98.0 Å². The van der Waals surface area contributed by atoms with Gasteiger partial charge in [-0.25, -0.2) is 4.79 Å². The Kier molecular flexibility index (Phi) is 4.46. The first-order chi connectivity index (χ1) is 7.61. The molecule has 0 aliphatic rings. The van der Waals surface area contributed by atoms with Gasteiger partial charge in [-0.1, -0.05) is 12.2 Å². The van der Waals surface area contributed by atoms with Gasteiger partial charge in [-0.2, -0.15) is 0 Å². The van der Waals surface area contributed by atoms with E-state index < -0.39 is 6.09 Å². The maximum Gasteiger partial charge on any atom is 0.404 e. The van der Waals surface area contributed by atoms with Crippen molar-refractivity contribution in [2.24, 2.45) is 11.5 Å². The molecule has 0 fully saturated rings. The number of thiocarbonyl (C=S) groups is 1. The number of hydrogen-bond acceptors (Lipinski definition) is 5. The number of amides is 1. The molecule has 0 saturated heterocycles. The van der Waals surface area contributed by atoms with Crippen molar-refractivity contribution >= 4 is 29.0 Å². The standard InChI is InChI=1S/C9H12N4O2S/c10-8(16)6-1-2-12-5-7(6)13-3-4-15-9(11)14/h1-2,5,13H,3-4H2,(H2,10,16)(H2,11,14). The summed E-state index contributed by atoms with van der Waals surface area (Å²) in [5.74, 6) is 0. The molecule has 16 heavy (non-hydrogen) atoms. The molecule has 1 aromatic rings. The SMILES string of the molecule is NC(=O)OCCNc1cnccc1C(N)=S. The largest absolute Gasteiger partial charge is 0.448 e. The summed E-state index contributed by atoms with van der Waals surface area (Å²) in [7, 11) is 0. The number of carbonyl (C=O) groups excluding carboxylic acids is 1. The average Bonchev–Trinajstić information content (AvgIpc) is 2.24. The maximum absolute atomic E-state index is 10.3. The second-order valence-corrected chi connectivity index (χ2v) is 3.32. The van der Waals surface area contributed by atoms with Crippen molar-refractivity contribution in [3.63, 3.8) is 0 Å². The van der Waals surface area contributed by atoms with E-state index in [0.717, 1.165) is 0 Å². The number of nitrogens with zero attached hydrogens (tertiary/aromatic N) is 1. The predicted octanol–water partition coefficient (Wildman–Crippen LogP) is 0.223. The molecular weight excluding hydrogens is 228 g/mol. The molecule has 1 amide bonds. The fourth-order valence-electron chi connectivity index (χ4n) is 1.09. The van der Waals surface area contributed by atoms with Crippen LogP contribution in [-0.2, 0) is 4.74 Å². The van der Waals surface area contributed by atoms with E-state index in [2.05, 4.69) is 15.0 Å². The zero-order valence-electron chi connectivity index (χ0n) is 8.47. The van der Waals surface area contributed by atoms with Crippen molar-refractivity contribution in [3.05, 3.63) is 24.0 Å². The summed E-state index contributed by atoms with van der Waals surface area (Å²) in [4.78, 5) is 14.5. The van der Waals surface area contributed by atoms with E-state index in [1.54, 1.807) is 18.5 Å². The van der Waals surface area contributed by atoms with E-state index in [-0.39, 0.29) is 11.6 Å². The van der Waals surface area contributed by atoms with Gasteiger partial charge in [0, 0.05) is 18.3 Å². The highest BCUT2D eigenvalue weighted by Gasteiger charge is 2.04. The Morgan fingerprint density at radius 2 is 2.31 bits per heavy atom. The molecule has 7 heteroatoms. The lowest BCUT2D eigenvalue weighted by Crippen LogP contribution is -2.20. The van der Waals surface area contributed by atoms with Crippen molar-refractivity contribution in [3.8, 4) is 0 Å². The summed E-state index contributed by atoms with van der Waals surface area (Å²) in [6.45, 7) is 0.575. The fraction of sp³-hybridized carbons (Fsp3) is 0.222. The number of aromatic nitrogens is 1. The van der Waals surface area contributed by atoms with Gasteiger partial charge in [-0.3, -0.25) is 4.98 Å². The number of ether oxygens (including phenoxy) is 1. The summed E-state index contributed by atoms with van der Waals surface area (Å²) in [5.41, 5.74) is 11.7. The van der Waals surface area contributed by atoms with Crippen molar-refractivity contribution in [2.45, 2.75) is 0 Å². The van der Waals surface area contributed by atoms with Crippen LogP contribution in [0.1, 0.15) is 5.56 Å². The Bertz CT molecular complexity index is 397. The minimum absolute atomic E-state index is 0.168. The summed E-state index contributed by atoms with van der Waals surface area (Å²) >= 11 is 4.87. The van der Waals surface area contributed by atoms with Gasteiger partial charge in [-0.05, 0) is 6.07 Å². The minimum atomic E-state index is -0.803. The number of nitrogens with two attached hydrogens (primary N) is 2. The lowest BCUT2D eigenvalue weighted by molar-refractivity contribution is 0.161. The molecule has 0 aliphatic carbocycles. The summed E-state index contributed by atoms with van der Waals surface area (Å²) < 4.78 is 4.56. The van der Waals surface area contributed by atoms with Crippen LogP contribution in [-0.4, -0.2) is 29.2 Å². The molecule has 1 heterocycles. The van der Waals surface area contributed by atoms with E-state index >= 15 is 0 Å². The second kappa shape index (κ2) is 5.86. The number of hydrogen-bond donors (Lipinski definition) is 3. The van der Waals surface area contributed by atoms with Crippen LogP contribution in [0.15, 0.2) is 18.5 Å². The van der Waals surface area contributed by atoms with E-state index in [1.165, 1.54) is 0 Å². The van der Waals surface area contributed by atoms with Gasteiger partial charge < -0.3 is 21.5 Å². The van der Waals surface area contributed by atoms with Crippen molar-refractivity contribution in [1.82, 2.24) is 4.98 Å². The van der Waals surface area contributed by atoms with Gasteiger partial charge in [0.2, 0.25) is 0 Å². The number of anilines is 1. The van der Waals surface area contributed by atoms with Crippen molar-refractivity contribution in [2.75, 3.05) is 18.5 Å². The summed E-state index contributed by atoms with van der Waals surface area (Å²) in [6.07, 6.45) is 2.39. The molecule has 0 aliphatic heterocycles. The highest BCUT2D eigenvalue weighted by molar-refractivity contribution is 7.80. The van der Waals surface area contributed by atoms with Crippen LogP contribution < -0.4 is 16.8 Å². The lowest BCUT2D eigenvalue weighted by Gasteiger charge is -2.09. The molecule has 0 aromatic carbocycles. The molecular formula is C9H12N4O2S. The van der Waals surface area contributed by atoms with Crippen LogP contribution in [0.5, 0.6) is 0 Å². The van der Waals surface area contributed by atoms with Gasteiger partial charge >= 0.3 is 6.09 Å². The van der Waals surface area contributed by atoms with Crippen LogP contribution >= 0.6 is 12.2 Å². The highest BCUT2D eigenvalue weighted by atomic mass is 32.1.